The van der Waals surface area contributed by atoms with Crippen LogP contribution in [-0.4, -0.2) is 37.2 Å². The Balaban J connectivity index is 1.34. The number of benzene rings is 2. The standard InChI is InChI=1S/C25H24N6O3/c1-15-8-16(2)10-20(9-15)31-23-21(12-27-31)25(34)30(14-26-23)13-22(32)28-19-5-3-4-17(11-19)24(33)29-18-6-7-18/h3-5,8-12,14,18H,6-7,13H2,1-2H3,(H,28,32)(H,29,33). The zero-order chi connectivity index (χ0) is 23.8. The number of carbonyl (C=O) groups is 2. The minimum Gasteiger partial charge on any atom is -0.349 e. The second kappa shape index (κ2) is 8.58. The van der Waals surface area contributed by atoms with Crippen LogP contribution in [0.2, 0.25) is 0 Å². The topological polar surface area (TPSA) is 111 Å². The maximum absolute atomic E-state index is 13.0. The van der Waals surface area contributed by atoms with Crippen molar-refractivity contribution in [3.63, 3.8) is 0 Å². The number of aromatic nitrogens is 4. The summed E-state index contributed by atoms with van der Waals surface area (Å²) in [5, 5.41) is 10.3. The number of fused-ring (bicyclic) bond motifs is 1. The van der Waals surface area contributed by atoms with E-state index in [1.54, 1.807) is 28.9 Å². The molecule has 2 N–H and O–H groups in total. The highest BCUT2D eigenvalue weighted by atomic mass is 16.2. The summed E-state index contributed by atoms with van der Waals surface area (Å²) in [6.07, 6.45) is 4.82. The van der Waals surface area contributed by atoms with E-state index in [4.69, 9.17) is 0 Å². The van der Waals surface area contributed by atoms with E-state index in [0.29, 0.717) is 22.3 Å². The van der Waals surface area contributed by atoms with Crippen LogP contribution < -0.4 is 16.2 Å². The first kappa shape index (κ1) is 21.6. The van der Waals surface area contributed by atoms with Crippen LogP contribution >= 0.6 is 0 Å². The van der Waals surface area contributed by atoms with Crippen molar-refractivity contribution in [3.8, 4) is 5.69 Å². The van der Waals surface area contributed by atoms with Gasteiger partial charge in [0, 0.05) is 17.3 Å². The molecule has 34 heavy (non-hydrogen) atoms. The maximum Gasteiger partial charge on any atom is 0.264 e. The van der Waals surface area contributed by atoms with Gasteiger partial charge in [0.1, 0.15) is 18.3 Å². The second-order valence-corrected chi connectivity index (χ2v) is 8.69. The largest absolute Gasteiger partial charge is 0.349 e. The molecule has 4 aromatic rings. The summed E-state index contributed by atoms with van der Waals surface area (Å²) >= 11 is 0. The van der Waals surface area contributed by atoms with Gasteiger partial charge in [-0.05, 0) is 68.1 Å². The van der Waals surface area contributed by atoms with Crippen molar-refractivity contribution in [1.82, 2.24) is 24.6 Å². The zero-order valence-electron chi connectivity index (χ0n) is 18.9. The number of anilines is 1. The molecule has 0 unspecified atom stereocenters. The molecule has 0 aliphatic heterocycles. The summed E-state index contributed by atoms with van der Waals surface area (Å²) < 4.78 is 2.87. The fraction of sp³-hybridized carbons (Fsp3) is 0.240. The summed E-state index contributed by atoms with van der Waals surface area (Å²) in [5.74, 6) is -0.560. The molecule has 9 heteroatoms. The zero-order valence-corrected chi connectivity index (χ0v) is 18.9. The van der Waals surface area contributed by atoms with Crippen molar-refractivity contribution < 1.29 is 9.59 Å². The number of aryl methyl sites for hydroxylation is 2. The van der Waals surface area contributed by atoms with Gasteiger partial charge in [-0.15, -0.1) is 0 Å². The SMILES string of the molecule is Cc1cc(C)cc(-n2ncc3c(=O)n(CC(=O)Nc4cccc(C(=O)NC5CC5)c4)cnc32)c1. The van der Waals surface area contributed by atoms with E-state index < -0.39 is 5.91 Å². The smallest absolute Gasteiger partial charge is 0.264 e. The second-order valence-electron chi connectivity index (χ2n) is 8.69. The van der Waals surface area contributed by atoms with Gasteiger partial charge in [-0.2, -0.15) is 5.10 Å². The third-order valence-corrected chi connectivity index (χ3v) is 5.64. The molecule has 0 saturated heterocycles. The van der Waals surface area contributed by atoms with Gasteiger partial charge in [-0.3, -0.25) is 19.0 Å². The van der Waals surface area contributed by atoms with Gasteiger partial charge in [-0.25, -0.2) is 9.67 Å². The molecule has 2 amide bonds. The number of amides is 2. The van der Waals surface area contributed by atoms with Crippen molar-refractivity contribution in [1.29, 1.82) is 0 Å². The van der Waals surface area contributed by atoms with Gasteiger partial charge in [0.25, 0.3) is 11.5 Å². The summed E-state index contributed by atoms with van der Waals surface area (Å²) in [7, 11) is 0. The molecule has 0 atom stereocenters. The molecular weight excluding hydrogens is 432 g/mol. The first-order chi connectivity index (χ1) is 16.4. The molecule has 1 fully saturated rings. The third kappa shape index (κ3) is 4.45. The summed E-state index contributed by atoms with van der Waals surface area (Å²) in [6, 6.07) is 13.0. The van der Waals surface area contributed by atoms with Crippen molar-refractivity contribution in [2.45, 2.75) is 39.3 Å². The van der Waals surface area contributed by atoms with Crippen LogP contribution in [0.4, 0.5) is 5.69 Å². The molecule has 0 radical (unpaired) electrons. The highest BCUT2D eigenvalue weighted by Crippen LogP contribution is 2.20. The van der Waals surface area contributed by atoms with Gasteiger partial charge < -0.3 is 10.6 Å². The highest BCUT2D eigenvalue weighted by Gasteiger charge is 2.24. The number of nitrogens with zero attached hydrogens (tertiary/aromatic N) is 4. The molecule has 9 nitrogen and oxygen atoms in total. The van der Waals surface area contributed by atoms with Crippen LogP contribution in [0.15, 0.2) is 59.8 Å². The molecule has 172 valence electrons. The van der Waals surface area contributed by atoms with Crippen molar-refractivity contribution in [2.24, 2.45) is 0 Å². The minimum atomic E-state index is -0.398. The first-order valence-corrected chi connectivity index (χ1v) is 11.1. The Morgan fingerprint density at radius 1 is 1.09 bits per heavy atom. The summed E-state index contributed by atoms with van der Waals surface area (Å²) in [6.45, 7) is 3.78. The molecule has 1 aliphatic rings. The molecule has 0 spiro atoms. The van der Waals surface area contributed by atoms with E-state index in [-0.39, 0.29) is 24.1 Å². The molecule has 0 bridgehead atoms. The number of hydrogen-bond donors (Lipinski definition) is 2. The van der Waals surface area contributed by atoms with Crippen molar-refractivity contribution in [3.05, 3.63) is 82.0 Å². The molecule has 1 aliphatic carbocycles. The summed E-state index contributed by atoms with van der Waals surface area (Å²) in [4.78, 5) is 42.3. The predicted octanol–water partition coefficient (Wildman–Crippen LogP) is 2.73. The third-order valence-electron chi connectivity index (χ3n) is 5.64. The van der Waals surface area contributed by atoms with E-state index in [1.807, 2.05) is 26.0 Å². The quantitative estimate of drug-likeness (QED) is 0.464. The Labute approximate surface area is 195 Å². The number of nitrogens with one attached hydrogen (secondary N) is 2. The van der Waals surface area contributed by atoms with Gasteiger partial charge in [0.05, 0.1) is 11.9 Å². The maximum atomic E-state index is 13.0. The van der Waals surface area contributed by atoms with Crippen LogP contribution in [0.25, 0.3) is 16.7 Å². The average molecular weight is 457 g/mol. The Hall–Kier alpha value is -4.27. The monoisotopic (exact) mass is 456 g/mol. The van der Waals surface area contributed by atoms with Gasteiger partial charge in [-0.1, -0.05) is 12.1 Å². The Bertz CT molecular complexity index is 1460. The number of rotatable bonds is 6. The van der Waals surface area contributed by atoms with Crippen molar-refractivity contribution >= 4 is 28.5 Å². The van der Waals surface area contributed by atoms with Crippen LogP contribution in [0.1, 0.15) is 34.3 Å². The van der Waals surface area contributed by atoms with Crippen LogP contribution in [0, 0.1) is 13.8 Å². The average Bonchev–Trinajstić information content (AvgIpc) is 3.49. The Kier molecular flexibility index (Phi) is 5.45. The molecule has 2 aromatic carbocycles. The fourth-order valence-electron chi connectivity index (χ4n) is 3.91. The van der Waals surface area contributed by atoms with Crippen LogP contribution in [0.5, 0.6) is 0 Å². The lowest BCUT2D eigenvalue weighted by Crippen LogP contribution is -2.28. The lowest BCUT2D eigenvalue weighted by atomic mass is 10.1. The lowest BCUT2D eigenvalue weighted by molar-refractivity contribution is -0.116. The molecule has 1 saturated carbocycles. The number of hydrogen-bond acceptors (Lipinski definition) is 5. The lowest BCUT2D eigenvalue weighted by Gasteiger charge is -2.10. The first-order valence-electron chi connectivity index (χ1n) is 11.1. The fourth-order valence-corrected chi connectivity index (χ4v) is 3.91. The minimum absolute atomic E-state index is 0.162. The van der Waals surface area contributed by atoms with Crippen molar-refractivity contribution in [2.75, 3.05) is 5.32 Å². The predicted molar refractivity (Wildman–Crippen MR) is 128 cm³/mol. The normalized spacial score (nSPS) is 13.1. The Morgan fingerprint density at radius 2 is 1.85 bits per heavy atom. The Morgan fingerprint density at radius 3 is 2.59 bits per heavy atom. The number of carbonyl (C=O) groups excluding carboxylic acids is 2. The van der Waals surface area contributed by atoms with Crippen LogP contribution in [0.3, 0.4) is 0 Å². The molecule has 2 heterocycles. The highest BCUT2D eigenvalue weighted by molar-refractivity contribution is 5.97. The van der Waals surface area contributed by atoms with E-state index in [2.05, 4.69) is 26.8 Å². The van der Waals surface area contributed by atoms with E-state index in [0.717, 1.165) is 29.7 Å². The van der Waals surface area contributed by atoms with Gasteiger partial charge in [0.15, 0.2) is 5.65 Å². The van der Waals surface area contributed by atoms with Crippen LogP contribution in [-0.2, 0) is 11.3 Å². The summed E-state index contributed by atoms with van der Waals surface area (Å²) in [5.41, 5.74) is 4.02. The van der Waals surface area contributed by atoms with E-state index in [9.17, 15) is 14.4 Å². The van der Waals surface area contributed by atoms with Gasteiger partial charge >= 0.3 is 0 Å². The van der Waals surface area contributed by atoms with Gasteiger partial charge in [0.2, 0.25) is 5.91 Å². The van der Waals surface area contributed by atoms with E-state index >= 15 is 0 Å². The molecule has 2 aromatic heterocycles. The molecular formula is C25H24N6O3. The molecule has 5 rings (SSSR count). The van der Waals surface area contributed by atoms with E-state index in [1.165, 1.54) is 17.1 Å².